The maximum atomic E-state index is 12.6. The molecule has 2 saturated carbocycles. The van der Waals surface area contributed by atoms with Crippen LogP contribution in [0.4, 0.5) is 0 Å². The molecule has 0 radical (unpaired) electrons. The first-order valence-corrected chi connectivity index (χ1v) is 12.0. The zero-order chi connectivity index (χ0) is 23.1. The van der Waals surface area contributed by atoms with Gasteiger partial charge in [0, 0.05) is 5.41 Å². The molecule has 0 aromatic carbocycles. The number of aliphatic carboxylic acids is 1. The zero-order valence-corrected chi connectivity index (χ0v) is 20.3. The molecular formula is C27H42O4. The lowest BCUT2D eigenvalue weighted by Gasteiger charge is -2.59. The van der Waals surface area contributed by atoms with Gasteiger partial charge < -0.3 is 9.84 Å². The first kappa shape index (κ1) is 24.1. The molecule has 3 aliphatic carbocycles. The van der Waals surface area contributed by atoms with E-state index in [9.17, 15) is 9.59 Å². The Balaban J connectivity index is 1.71. The molecule has 4 heteroatoms. The van der Waals surface area contributed by atoms with Gasteiger partial charge in [0.2, 0.25) is 0 Å². The molecule has 174 valence electrons. The Kier molecular flexibility index (Phi) is 6.53. The Morgan fingerprint density at radius 2 is 1.94 bits per heavy atom. The molecular weight excluding hydrogens is 388 g/mol. The predicted octanol–water partition coefficient (Wildman–Crippen LogP) is 6.56. The number of carboxylic acid groups (broad SMARTS) is 1. The van der Waals surface area contributed by atoms with Crippen molar-refractivity contribution in [2.24, 2.45) is 33.5 Å². The highest BCUT2D eigenvalue weighted by Crippen LogP contribution is 2.63. The second-order valence-electron chi connectivity index (χ2n) is 12.2. The molecule has 3 rings (SSSR count). The van der Waals surface area contributed by atoms with E-state index >= 15 is 0 Å². The molecule has 0 aromatic heterocycles. The van der Waals surface area contributed by atoms with Crippen molar-refractivity contribution in [3.8, 4) is 0 Å². The Morgan fingerprint density at radius 1 is 1.23 bits per heavy atom. The van der Waals surface area contributed by atoms with Crippen LogP contribution in [0.25, 0.3) is 0 Å². The van der Waals surface area contributed by atoms with Crippen LogP contribution in [0.5, 0.6) is 0 Å². The first-order valence-electron chi connectivity index (χ1n) is 12.0. The van der Waals surface area contributed by atoms with Gasteiger partial charge in [0.15, 0.2) is 0 Å². The molecule has 31 heavy (non-hydrogen) atoms. The van der Waals surface area contributed by atoms with Gasteiger partial charge in [0.1, 0.15) is 0 Å². The third-order valence-corrected chi connectivity index (χ3v) is 8.77. The Labute approximate surface area is 188 Å². The van der Waals surface area contributed by atoms with Crippen molar-refractivity contribution in [3.63, 3.8) is 0 Å². The summed E-state index contributed by atoms with van der Waals surface area (Å²) in [5.41, 5.74) is 1.45. The van der Waals surface area contributed by atoms with Crippen molar-refractivity contribution in [2.45, 2.75) is 92.4 Å². The van der Waals surface area contributed by atoms with Crippen molar-refractivity contribution >= 4 is 11.9 Å². The molecule has 0 saturated heterocycles. The molecule has 0 spiro atoms. The second kappa shape index (κ2) is 8.41. The van der Waals surface area contributed by atoms with Gasteiger partial charge in [-0.05, 0) is 66.6 Å². The summed E-state index contributed by atoms with van der Waals surface area (Å²) in [6.07, 6.45) is 12.9. The van der Waals surface area contributed by atoms with Crippen LogP contribution in [-0.4, -0.2) is 23.7 Å². The van der Waals surface area contributed by atoms with E-state index in [-0.39, 0.29) is 35.1 Å². The fourth-order valence-electron chi connectivity index (χ4n) is 7.08. The Morgan fingerprint density at radius 3 is 2.58 bits per heavy atom. The summed E-state index contributed by atoms with van der Waals surface area (Å²) in [4.78, 5) is 23.6. The smallest absolute Gasteiger partial charge is 0.306 e. The van der Waals surface area contributed by atoms with Crippen LogP contribution in [-0.2, 0) is 14.3 Å². The Bertz CT molecular complexity index is 765. The minimum atomic E-state index is -0.877. The number of hydrogen-bond acceptors (Lipinski definition) is 3. The number of fused-ring (bicyclic) bond motifs is 3. The number of carbonyl (C=O) groups excluding carboxylic acids is 1. The van der Waals surface area contributed by atoms with E-state index < -0.39 is 11.4 Å². The van der Waals surface area contributed by atoms with E-state index in [1.807, 2.05) is 13.8 Å². The number of allylic oxidation sites excluding steroid dienone is 3. The molecule has 0 heterocycles. The number of ether oxygens (including phenoxy) is 1. The standard InChI is InChI=1S/C27H42O4/c1-7-25(4)14-11-20-19(15-25)9-10-21-26(5,12-8-13-27(20,21)6)18-31-23(30)17-24(2,3)16-22(28)29/h7,11,19,21H,1,8-10,12-18H2,2-6H3,(H,28,29)/t19?,21?,25-,26-,27-/m0/s1. The van der Waals surface area contributed by atoms with Gasteiger partial charge in [-0.25, -0.2) is 0 Å². The summed E-state index contributed by atoms with van der Waals surface area (Å²) in [6, 6.07) is 0. The quantitative estimate of drug-likeness (QED) is 0.367. The van der Waals surface area contributed by atoms with Gasteiger partial charge in [0.05, 0.1) is 19.4 Å². The van der Waals surface area contributed by atoms with Crippen molar-refractivity contribution in [2.75, 3.05) is 6.61 Å². The van der Waals surface area contributed by atoms with Crippen LogP contribution < -0.4 is 0 Å². The van der Waals surface area contributed by atoms with E-state index in [1.165, 1.54) is 25.7 Å². The SMILES string of the molecule is C=C[C@@]1(C)CC=C2C(CCC3[C@](C)(COC(=O)CC(C)(C)CC(=O)O)CCC[C@@]23C)C1. The Hall–Kier alpha value is -1.58. The highest BCUT2D eigenvalue weighted by Gasteiger charge is 2.55. The van der Waals surface area contributed by atoms with Crippen LogP contribution in [0, 0.1) is 33.5 Å². The fourth-order valence-corrected chi connectivity index (χ4v) is 7.08. The summed E-state index contributed by atoms with van der Waals surface area (Å²) in [6.45, 7) is 15.3. The molecule has 3 aliphatic rings. The van der Waals surface area contributed by atoms with Crippen molar-refractivity contribution < 1.29 is 19.4 Å². The minimum absolute atomic E-state index is 0.0232. The number of esters is 1. The third kappa shape index (κ3) is 4.93. The summed E-state index contributed by atoms with van der Waals surface area (Å²) in [7, 11) is 0. The predicted molar refractivity (Wildman–Crippen MR) is 124 cm³/mol. The van der Waals surface area contributed by atoms with Crippen LogP contribution in [0.2, 0.25) is 0 Å². The molecule has 0 aromatic rings. The van der Waals surface area contributed by atoms with Crippen LogP contribution in [0.15, 0.2) is 24.3 Å². The molecule has 1 N–H and O–H groups in total. The van der Waals surface area contributed by atoms with E-state index in [1.54, 1.807) is 5.57 Å². The number of rotatable bonds is 7. The molecule has 0 amide bonds. The number of carboxylic acids is 1. The topological polar surface area (TPSA) is 63.6 Å². The highest BCUT2D eigenvalue weighted by molar-refractivity contribution is 5.73. The molecule has 0 aliphatic heterocycles. The summed E-state index contributed by atoms with van der Waals surface area (Å²) in [5, 5.41) is 9.07. The average Bonchev–Trinajstić information content (AvgIpc) is 2.64. The van der Waals surface area contributed by atoms with E-state index in [4.69, 9.17) is 9.84 Å². The van der Waals surface area contributed by atoms with E-state index in [2.05, 4.69) is 39.5 Å². The average molecular weight is 431 g/mol. The maximum absolute atomic E-state index is 12.6. The highest BCUT2D eigenvalue weighted by atomic mass is 16.5. The molecule has 4 nitrogen and oxygen atoms in total. The summed E-state index contributed by atoms with van der Waals surface area (Å²) < 4.78 is 5.82. The minimum Gasteiger partial charge on any atom is -0.481 e. The lowest BCUT2D eigenvalue weighted by Crippen LogP contribution is -2.51. The normalized spacial score (nSPS) is 37.8. The lowest BCUT2D eigenvalue weighted by atomic mass is 9.46. The van der Waals surface area contributed by atoms with E-state index in [0.29, 0.717) is 18.4 Å². The van der Waals surface area contributed by atoms with Gasteiger partial charge in [0.25, 0.3) is 0 Å². The van der Waals surface area contributed by atoms with Crippen molar-refractivity contribution in [1.29, 1.82) is 0 Å². The largest absolute Gasteiger partial charge is 0.481 e. The van der Waals surface area contributed by atoms with E-state index in [0.717, 1.165) is 19.3 Å². The van der Waals surface area contributed by atoms with Gasteiger partial charge in [-0.3, -0.25) is 9.59 Å². The molecule has 0 bridgehead atoms. The van der Waals surface area contributed by atoms with Crippen molar-refractivity contribution in [1.82, 2.24) is 0 Å². The second-order valence-corrected chi connectivity index (χ2v) is 12.2. The molecule has 2 unspecified atom stereocenters. The van der Waals surface area contributed by atoms with Gasteiger partial charge in [-0.2, -0.15) is 0 Å². The van der Waals surface area contributed by atoms with Gasteiger partial charge in [-0.15, -0.1) is 6.58 Å². The fraction of sp³-hybridized carbons (Fsp3) is 0.778. The van der Waals surface area contributed by atoms with Crippen LogP contribution in [0.1, 0.15) is 92.4 Å². The maximum Gasteiger partial charge on any atom is 0.306 e. The van der Waals surface area contributed by atoms with Crippen molar-refractivity contribution in [3.05, 3.63) is 24.3 Å². The first-order chi connectivity index (χ1) is 14.3. The van der Waals surface area contributed by atoms with Gasteiger partial charge in [-0.1, -0.05) is 58.8 Å². The molecule has 2 fully saturated rings. The third-order valence-electron chi connectivity index (χ3n) is 8.77. The monoisotopic (exact) mass is 430 g/mol. The zero-order valence-electron chi connectivity index (χ0n) is 20.3. The van der Waals surface area contributed by atoms with Gasteiger partial charge >= 0.3 is 11.9 Å². The van der Waals surface area contributed by atoms with Crippen LogP contribution in [0.3, 0.4) is 0 Å². The lowest BCUT2D eigenvalue weighted by molar-refractivity contribution is -0.155. The number of carbonyl (C=O) groups is 2. The number of hydrogen-bond donors (Lipinski definition) is 1. The summed E-state index contributed by atoms with van der Waals surface area (Å²) in [5.74, 6) is 0.0221. The molecule has 5 atom stereocenters. The van der Waals surface area contributed by atoms with Crippen LogP contribution >= 0.6 is 0 Å². The summed E-state index contributed by atoms with van der Waals surface area (Å²) >= 11 is 0.